The van der Waals surface area contributed by atoms with Crippen LogP contribution < -0.4 is 4.90 Å². The number of aliphatic hydroxyl groups excluding tert-OH is 1. The number of amides is 2. The molecule has 0 saturated carbocycles. The van der Waals surface area contributed by atoms with Gasteiger partial charge in [-0.2, -0.15) is 0 Å². The lowest BCUT2D eigenvalue weighted by Crippen LogP contribution is -2.78. The van der Waals surface area contributed by atoms with Gasteiger partial charge in [-0.25, -0.2) is 0 Å². The highest BCUT2D eigenvalue weighted by atomic mass is 16.3. The van der Waals surface area contributed by atoms with Crippen molar-refractivity contribution in [2.45, 2.75) is 23.9 Å². The van der Waals surface area contributed by atoms with E-state index in [0.29, 0.717) is 0 Å². The number of carbonyl (C=O) groups is 2. The normalized spacial score (nSPS) is 25.9. The minimum Gasteiger partial charge on any atom is -0.387 e. The second-order valence-electron chi connectivity index (χ2n) is 8.33. The molecule has 0 unspecified atom stereocenters. The topological polar surface area (TPSA) is 130 Å². The molecule has 3 aromatic rings. The van der Waals surface area contributed by atoms with Gasteiger partial charge in [-0.1, -0.05) is 84.0 Å². The van der Waals surface area contributed by atoms with Gasteiger partial charge in [0, 0.05) is 17.0 Å². The molecule has 9 nitrogen and oxygen atoms in total. The lowest BCUT2D eigenvalue weighted by atomic mass is 9.68. The van der Waals surface area contributed by atoms with Crippen LogP contribution in [0.25, 0.3) is 10.4 Å². The van der Waals surface area contributed by atoms with Crippen LogP contribution in [0, 0.1) is 0 Å². The Labute approximate surface area is 195 Å². The summed E-state index contributed by atoms with van der Waals surface area (Å²) in [6, 6.07) is 23.6. The molecule has 5 rings (SSSR count). The van der Waals surface area contributed by atoms with E-state index in [4.69, 9.17) is 0 Å². The molecule has 2 heterocycles. The molecule has 3 aromatic carbocycles. The van der Waals surface area contributed by atoms with Crippen LogP contribution in [0.2, 0.25) is 0 Å². The van der Waals surface area contributed by atoms with Crippen molar-refractivity contribution < 1.29 is 19.8 Å². The number of hydrogen-bond acceptors (Lipinski definition) is 5. The zero-order valence-electron chi connectivity index (χ0n) is 18.0. The molecule has 0 aliphatic carbocycles. The molecule has 9 heteroatoms. The molecule has 1 fully saturated rings. The van der Waals surface area contributed by atoms with Crippen molar-refractivity contribution in [1.29, 1.82) is 0 Å². The molecule has 34 heavy (non-hydrogen) atoms. The van der Waals surface area contributed by atoms with Crippen molar-refractivity contribution >= 4 is 17.5 Å². The number of benzene rings is 3. The molecular weight excluding hydrogens is 434 g/mol. The van der Waals surface area contributed by atoms with Crippen LogP contribution in [0.15, 0.2) is 90.0 Å². The van der Waals surface area contributed by atoms with E-state index in [2.05, 4.69) is 10.0 Å². The van der Waals surface area contributed by atoms with Crippen LogP contribution in [0.5, 0.6) is 0 Å². The third-order valence-corrected chi connectivity index (χ3v) is 6.52. The summed E-state index contributed by atoms with van der Waals surface area (Å²) in [5.74, 6) is -1.41. The molecule has 170 valence electrons. The van der Waals surface area contributed by atoms with E-state index in [1.54, 1.807) is 78.9 Å². The number of para-hydroxylation sites is 1. The number of rotatable bonds is 4. The van der Waals surface area contributed by atoms with Crippen molar-refractivity contribution in [3.05, 3.63) is 112 Å². The predicted octanol–water partition coefficient (Wildman–Crippen LogP) is 3.00. The number of hydrogen-bond donors (Lipinski definition) is 2. The maximum Gasteiger partial charge on any atom is 0.278 e. The Hall–Kier alpha value is -4.17. The van der Waals surface area contributed by atoms with Gasteiger partial charge in [0.15, 0.2) is 5.54 Å². The second-order valence-corrected chi connectivity index (χ2v) is 8.33. The molecule has 2 N–H and O–H groups in total. The zero-order valence-corrected chi connectivity index (χ0v) is 18.0. The third kappa shape index (κ3) is 2.85. The van der Waals surface area contributed by atoms with Gasteiger partial charge in [-0.15, -0.1) is 0 Å². The van der Waals surface area contributed by atoms with E-state index in [1.165, 1.54) is 4.90 Å². The van der Waals surface area contributed by atoms with E-state index in [1.807, 2.05) is 6.07 Å². The Balaban J connectivity index is 1.78. The van der Waals surface area contributed by atoms with Gasteiger partial charge in [0.25, 0.3) is 5.91 Å². The maximum atomic E-state index is 14.0. The summed E-state index contributed by atoms with van der Waals surface area (Å²) in [6.45, 7) is -0.234. The summed E-state index contributed by atoms with van der Waals surface area (Å²) < 4.78 is 0. The number of aliphatic hydroxyl groups is 2. The quantitative estimate of drug-likeness (QED) is 0.356. The summed E-state index contributed by atoms with van der Waals surface area (Å²) in [5.41, 5.74) is 6.04. The Bertz CT molecular complexity index is 1310. The number of anilines is 1. The monoisotopic (exact) mass is 455 g/mol. The van der Waals surface area contributed by atoms with E-state index < -0.39 is 29.2 Å². The van der Waals surface area contributed by atoms with Gasteiger partial charge < -0.3 is 15.1 Å². The van der Waals surface area contributed by atoms with E-state index in [9.17, 15) is 25.3 Å². The molecule has 0 bridgehead atoms. The maximum absolute atomic E-state index is 14.0. The lowest BCUT2D eigenvalue weighted by Gasteiger charge is -2.58. The third-order valence-electron chi connectivity index (χ3n) is 6.52. The van der Waals surface area contributed by atoms with Gasteiger partial charge in [0.05, 0.1) is 5.69 Å². The highest BCUT2D eigenvalue weighted by molar-refractivity contribution is 6.10. The number of carbonyl (C=O) groups excluding carboxylic acids is 2. The molecule has 1 saturated heterocycles. The Kier molecular flexibility index (Phi) is 5.10. The van der Waals surface area contributed by atoms with Crippen LogP contribution in [-0.4, -0.2) is 39.2 Å². The molecule has 0 spiro atoms. The van der Waals surface area contributed by atoms with E-state index in [-0.39, 0.29) is 29.9 Å². The first-order chi connectivity index (χ1) is 16.4. The van der Waals surface area contributed by atoms with Gasteiger partial charge in [-0.3, -0.25) is 14.5 Å². The fourth-order valence-corrected chi connectivity index (χ4v) is 5.02. The molecule has 3 atom stereocenters. The van der Waals surface area contributed by atoms with Crippen LogP contribution >= 0.6 is 0 Å². The number of fused-ring (bicyclic) bond motifs is 3. The SMILES string of the molecule is [N-]=[N+]=N[C@@]1(c2ccccc2)[C@@H](O)c2ccccc2N2C(=O)CN(Cc3ccccc3)C(=O)[C@]21O. The minimum atomic E-state index is -2.71. The first-order valence-electron chi connectivity index (χ1n) is 10.7. The smallest absolute Gasteiger partial charge is 0.278 e. The highest BCUT2D eigenvalue weighted by Crippen LogP contribution is 2.57. The Morgan fingerprint density at radius 3 is 2.26 bits per heavy atom. The molecular formula is C25H21N5O4. The summed E-state index contributed by atoms with van der Waals surface area (Å²) in [6.07, 6.45) is -1.61. The highest BCUT2D eigenvalue weighted by Gasteiger charge is 2.71. The van der Waals surface area contributed by atoms with Crippen molar-refractivity contribution in [2.75, 3.05) is 11.4 Å². The van der Waals surface area contributed by atoms with E-state index >= 15 is 0 Å². The average molecular weight is 455 g/mol. The van der Waals surface area contributed by atoms with Crippen LogP contribution in [-0.2, 0) is 21.7 Å². The molecule has 2 aliphatic rings. The molecule has 2 amide bonds. The van der Waals surface area contributed by atoms with Crippen molar-refractivity contribution in [3.8, 4) is 0 Å². The first kappa shape index (κ1) is 21.7. The van der Waals surface area contributed by atoms with Gasteiger partial charge in [0.1, 0.15) is 12.6 Å². The van der Waals surface area contributed by atoms with Crippen molar-refractivity contribution in [1.82, 2.24) is 4.90 Å². The number of piperazine rings is 1. The number of nitrogens with zero attached hydrogens (tertiary/aromatic N) is 5. The lowest BCUT2D eigenvalue weighted by molar-refractivity contribution is -0.181. The Morgan fingerprint density at radius 1 is 0.971 bits per heavy atom. The number of azide groups is 1. The largest absolute Gasteiger partial charge is 0.387 e. The van der Waals surface area contributed by atoms with Gasteiger partial charge in [0.2, 0.25) is 11.6 Å². The Morgan fingerprint density at radius 2 is 1.59 bits per heavy atom. The van der Waals surface area contributed by atoms with Crippen LogP contribution in [0.4, 0.5) is 5.69 Å². The van der Waals surface area contributed by atoms with Crippen molar-refractivity contribution in [3.63, 3.8) is 0 Å². The minimum absolute atomic E-state index is 0.0560. The fraction of sp³-hybridized carbons (Fsp3) is 0.200. The zero-order chi connectivity index (χ0) is 23.9. The summed E-state index contributed by atoms with van der Waals surface area (Å²) >= 11 is 0. The van der Waals surface area contributed by atoms with Crippen LogP contribution in [0.3, 0.4) is 0 Å². The molecule has 2 aliphatic heterocycles. The van der Waals surface area contributed by atoms with Crippen LogP contribution in [0.1, 0.15) is 22.8 Å². The first-order valence-corrected chi connectivity index (χ1v) is 10.7. The second kappa shape index (κ2) is 8.00. The summed E-state index contributed by atoms with van der Waals surface area (Å²) in [5, 5.41) is 27.8. The van der Waals surface area contributed by atoms with E-state index in [0.717, 1.165) is 10.5 Å². The van der Waals surface area contributed by atoms with Gasteiger partial charge >= 0.3 is 0 Å². The van der Waals surface area contributed by atoms with Gasteiger partial charge in [-0.05, 0) is 22.7 Å². The average Bonchev–Trinajstić information content (AvgIpc) is 2.86. The summed E-state index contributed by atoms with van der Waals surface area (Å²) in [4.78, 5) is 32.7. The fourth-order valence-electron chi connectivity index (χ4n) is 5.02. The van der Waals surface area contributed by atoms with Crippen molar-refractivity contribution in [2.24, 2.45) is 5.11 Å². The summed E-state index contributed by atoms with van der Waals surface area (Å²) in [7, 11) is 0. The predicted molar refractivity (Wildman–Crippen MR) is 123 cm³/mol. The molecule has 0 radical (unpaired) electrons. The standard InChI is InChI=1S/C25H21N5O4/c26-28-27-24(18-11-5-2-6-12-18)22(32)19-13-7-8-14-20(19)30-21(31)16-29(23(33)25(24,30)34)15-17-9-3-1-4-10-17/h1-14,22,32,34H,15-16H2/t22-,24-,25+/m0/s1. The molecule has 0 aromatic heterocycles.